The second-order valence-corrected chi connectivity index (χ2v) is 9.03. The molecule has 1 aliphatic heterocycles. The molecule has 0 unspecified atom stereocenters. The van der Waals surface area contributed by atoms with Crippen molar-refractivity contribution in [3.8, 4) is 11.7 Å². The van der Waals surface area contributed by atoms with Gasteiger partial charge in [0.1, 0.15) is 11.8 Å². The summed E-state index contributed by atoms with van der Waals surface area (Å²) in [5.74, 6) is 1.15. The van der Waals surface area contributed by atoms with Crippen LogP contribution in [0.4, 0.5) is 5.69 Å². The molecule has 2 aromatic heterocycles. The number of pyridine rings is 1. The van der Waals surface area contributed by atoms with Crippen molar-refractivity contribution in [1.29, 1.82) is 0 Å². The Balaban J connectivity index is 1.74. The van der Waals surface area contributed by atoms with Crippen molar-refractivity contribution in [1.82, 2.24) is 20.1 Å². The Bertz CT molecular complexity index is 1200. The largest absolute Gasteiger partial charge is 0.472 e. The third-order valence-corrected chi connectivity index (χ3v) is 6.55. The number of nitrogens with zero attached hydrogens (tertiary/aromatic N) is 3. The first-order valence-corrected chi connectivity index (χ1v) is 11.6. The zero-order chi connectivity index (χ0) is 22.8. The first-order valence-electron chi connectivity index (χ1n) is 9.35. The van der Waals surface area contributed by atoms with E-state index in [4.69, 9.17) is 39.5 Å². The van der Waals surface area contributed by atoms with Crippen LogP contribution in [0.2, 0.25) is 15.1 Å². The molecule has 0 radical (unpaired) electrons. The number of halogens is 3. The molecule has 3 aromatic rings. The van der Waals surface area contributed by atoms with Crippen LogP contribution in [0.3, 0.4) is 0 Å². The summed E-state index contributed by atoms with van der Waals surface area (Å²) >= 11 is 20.4. The standard InChI is InChI=1S/C20H16Cl3N5O3S/c1-24-19(29)12-5-10(21)6-14(23)17(12)26-20(30)15-7-16(31-11-8-32-9-11)27-28(15)18-13(22)3-2-4-25-18/h2-7,11H,8-9H2,1H3,(H,24,29)(H,26,30). The lowest BCUT2D eigenvalue weighted by molar-refractivity contribution is 0.0964. The van der Waals surface area contributed by atoms with E-state index in [1.807, 2.05) is 0 Å². The van der Waals surface area contributed by atoms with Crippen molar-refractivity contribution in [2.75, 3.05) is 23.9 Å². The van der Waals surface area contributed by atoms with Crippen molar-refractivity contribution in [2.45, 2.75) is 6.10 Å². The fourth-order valence-corrected chi connectivity index (χ4v) is 4.22. The van der Waals surface area contributed by atoms with Crippen LogP contribution in [-0.2, 0) is 0 Å². The van der Waals surface area contributed by atoms with Crippen molar-refractivity contribution in [3.63, 3.8) is 0 Å². The summed E-state index contributed by atoms with van der Waals surface area (Å²) in [5.41, 5.74) is 0.322. The predicted octanol–water partition coefficient (Wildman–Crippen LogP) is 4.33. The summed E-state index contributed by atoms with van der Waals surface area (Å²) < 4.78 is 7.13. The number of rotatable bonds is 6. The van der Waals surface area contributed by atoms with E-state index in [0.717, 1.165) is 11.5 Å². The maximum atomic E-state index is 13.3. The highest BCUT2D eigenvalue weighted by molar-refractivity contribution is 8.00. The summed E-state index contributed by atoms with van der Waals surface area (Å²) in [6.45, 7) is 0. The van der Waals surface area contributed by atoms with E-state index in [9.17, 15) is 9.59 Å². The maximum absolute atomic E-state index is 13.3. The Labute approximate surface area is 202 Å². The fourth-order valence-electron chi connectivity index (χ4n) is 2.92. The number of carbonyl (C=O) groups is 2. The normalized spacial score (nSPS) is 13.4. The Morgan fingerprint density at radius 3 is 2.59 bits per heavy atom. The van der Waals surface area contributed by atoms with Gasteiger partial charge in [-0.1, -0.05) is 34.8 Å². The summed E-state index contributed by atoms with van der Waals surface area (Å²) in [6, 6.07) is 7.64. The first kappa shape index (κ1) is 22.7. The molecular formula is C20H16Cl3N5O3S. The molecule has 0 saturated carbocycles. The van der Waals surface area contributed by atoms with Gasteiger partial charge in [0.25, 0.3) is 11.8 Å². The van der Waals surface area contributed by atoms with Gasteiger partial charge >= 0.3 is 0 Å². The van der Waals surface area contributed by atoms with Gasteiger partial charge in [-0.3, -0.25) is 9.59 Å². The minimum absolute atomic E-state index is 0.0176. The molecule has 0 spiro atoms. The van der Waals surface area contributed by atoms with Crippen molar-refractivity contribution in [3.05, 3.63) is 62.9 Å². The molecule has 0 bridgehead atoms. The van der Waals surface area contributed by atoms with Crippen LogP contribution in [0.15, 0.2) is 36.5 Å². The molecule has 1 aliphatic rings. The average molecular weight is 513 g/mol. The topological polar surface area (TPSA) is 98.1 Å². The second kappa shape index (κ2) is 9.58. The molecule has 1 saturated heterocycles. The molecule has 3 heterocycles. The number of anilines is 1. The van der Waals surface area contributed by atoms with Crippen LogP contribution in [0.1, 0.15) is 20.8 Å². The van der Waals surface area contributed by atoms with Gasteiger partial charge in [0.05, 0.1) is 21.3 Å². The smallest absolute Gasteiger partial charge is 0.274 e. The third-order valence-electron chi connectivity index (χ3n) is 4.52. The van der Waals surface area contributed by atoms with E-state index in [-0.39, 0.29) is 44.8 Å². The van der Waals surface area contributed by atoms with Gasteiger partial charge in [0.2, 0.25) is 5.88 Å². The molecule has 4 rings (SSSR count). The van der Waals surface area contributed by atoms with Gasteiger partial charge in [0.15, 0.2) is 5.82 Å². The monoisotopic (exact) mass is 511 g/mol. The van der Waals surface area contributed by atoms with E-state index in [1.165, 1.54) is 36.1 Å². The molecule has 166 valence electrons. The zero-order valence-electron chi connectivity index (χ0n) is 16.6. The molecule has 0 atom stereocenters. The molecule has 12 heteroatoms. The first-order chi connectivity index (χ1) is 15.4. The lowest BCUT2D eigenvalue weighted by Gasteiger charge is -2.24. The number of hydrogen-bond acceptors (Lipinski definition) is 6. The van der Waals surface area contributed by atoms with Crippen LogP contribution in [0, 0.1) is 0 Å². The molecule has 1 aromatic carbocycles. The molecule has 2 N–H and O–H groups in total. The quantitative estimate of drug-likeness (QED) is 0.510. The number of nitrogens with one attached hydrogen (secondary N) is 2. The van der Waals surface area contributed by atoms with Crippen LogP contribution >= 0.6 is 46.6 Å². The van der Waals surface area contributed by atoms with Crippen LogP contribution in [0.5, 0.6) is 5.88 Å². The minimum atomic E-state index is -0.591. The van der Waals surface area contributed by atoms with Gasteiger partial charge < -0.3 is 15.4 Å². The Morgan fingerprint density at radius 1 is 1.16 bits per heavy atom. The average Bonchev–Trinajstić information content (AvgIpc) is 3.16. The molecule has 1 fully saturated rings. The number of ether oxygens (including phenoxy) is 1. The Morgan fingerprint density at radius 2 is 1.94 bits per heavy atom. The fraction of sp³-hybridized carbons (Fsp3) is 0.200. The van der Waals surface area contributed by atoms with E-state index in [0.29, 0.717) is 5.02 Å². The van der Waals surface area contributed by atoms with Gasteiger partial charge in [0, 0.05) is 35.8 Å². The highest BCUT2D eigenvalue weighted by Crippen LogP contribution is 2.32. The Hall–Kier alpha value is -2.46. The molecule has 32 heavy (non-hydrogen) atoms. The third kappa shape index (κ3) is 4.66. The number of hydrogen-bond donors (Lipinski definition) is 2. The summed E-state index contributed by atoms with van der Waals surface area (Å²) in [7, 11) is 1.46. The second-order valence-electron chi connectivity index (χ2n) is 6.71. The van der Waals surface area contributed by atoms with Crippen LogP contribution in [-0.4, -0.2) is 51.2 Å². The number of aromatic nitrogens is 3. The van der Waals surface area contributed by atoms with Crippen molar-refractivity contribution >= 4 is 64.1 Å². The van der Waals surface area contributed by atoms with E-state index < -0.39 is 11.8 Å². The molecule has 0 aliphatic carbocycles. The molecule has 8 nitrogen and oxygen atoms in total. The van der Waals surface area contributed by atoms with Gasteiger partial charge in [-0.15, -0.1) is 5.10 Å². The van der Waals surface area contributed by atoms with Crippen LogP contribution in [0.25, 0.3) is 5.82 Å². The predicted molar refractivity (Wildman–Crippen MR) is 126 cm³/mol. The molecular weight excluding hydrogens is 497 g/mol. The minimum Gasteiger partial charge on any atom is -0.472 e. The number of benzene rings is 1. The van der Waals surface area contributed by atoms with Crippen molar-refractivity contribution in [2.24, 2.45) is 0 Å². The van der Waals surface area contributed by atoms with Crippen molar-refractivity contribution < 1.29 is 14.3 Å². The number of amides is 2. The lowest BCUT2D eigenvalue weighted by atomic mass is 10.1. The van der Waals surface area contributed by atoms with E-state index in [1.54, 1.807) is 23.9 Å². The number of carbonyl (C=O) groups excluding carboxylic acids is 2. The number of thioether (sulfide) groups is 1. The SMILES string of the molecule is CNC(=O)c1cc(Cl)cc(Cl)c1NC(=O)c1cc(OC2CSC2)nn1-c1ncccc1Cl. The highest BCUT2D eigenvalue weighted by atomic mass is 35.5. The lowest BCUT2D eigenvalue weighted by Crippen LogP contribution is -2.31. The van der Waals surface area contributed by atoms with E-state index >= 15 is 0 Å². The zero-order valence-corrected chi connectivity index (χ0v) is 19.6. The molecule has 2 amide bonds. The highest BCUT2D eigenvalue weighted by Gasteiger charge is 2.26. The maximum Gasteiger partial charge on any atom is 0.274 e. The summed E-state index contributed by atoms with van der Waals surface area (Å²) in [4.78, 5) is 29.8. The van der Waals surface area contributed by atoms with Crippen LogP contribution < -0.4 is 15.4 Å². The van der Waals surface area contributed by atoms with Gasteiger partial charge in [-0.25, -0.2) is 9.67 Å². The summed E-state index contributed by atoms with van der Waals surface area (Å²) in [5, 5.41) is 10.2. The van der Waals surface area contributed by atoms with E-state index in [2.05, 4.69) is 20.7 Å². The van der Waals surface area contributed by atoms with Gasteiger partial charge in [-0.05, 0) is 24.3 Å². The Kier molecular flexibility index (Phi) is 6.80. The van der Waals surface area contributed by atoms with Gasteiger partial charge in [-0.2, -0.15) is 11.8 Å². The summed E-state index contributed by atoms with van der Waals surface area (Å²) in [6.07, 6.45) is 1.55.